The van der Waals surface area contributed by atoms with E-state index in [1.807, 2.05) is 31.2 Å². The normalized spacial score (nSPS) is 15.2. The van der Waals surface area contributed by atoms with E-state index in [1.165, 1.54) is 17.4 Å². The number of amides is 2. The molecule has 0 spiro atoms. The molecule has 212 valence electrons. The van der Waals surface area contributed by atoms with Crippen molar-refractivity contribution in [3.63, 3.8) is 0 Å². The Hall–Kier alpha value is -4.80. The Morgan fingerprint density at radius 3 is 2.64 bits per heavy atom. The number of furan rings is 1. The summed E-state index contributed by atoms with van der Waals surface area (Å²) >= 11 is 7.41. The Balaban J connectivity index is 1.36. The van der Waals surface area contributed by atoms with Crippen molar-refractivity contribution in [2.45, 2.75) is 13.5 Å². The van der Waals surface area contributed by atoms with E-state index in [1.54, 1.807) is 60.7 Å². The van der Waals surface area contributed by atoms with Crippen LogP contribution in [-0.4, -0.2) is 39.8 Å². The molecule has 0 unspecified atom stereocenters. The van der Waals surface area contributed by atoms with Crippen LogP contribution < -0.4 is 10.1 Å². The molecule has 0 bridgehead atoms. The molecule has 5 rings (SSSR count). The number of amidine groups is 1. The number of aromatic hydroxyl groups is 1. The van der Waals surface area contributed by atoms with Crippen molar-refractivity contribution in [2.24, 2.45) is 10.2 Å². The largest absolute Gasteiger partial charge is 0.508 e. The zero-order valence-electron chi connectivity index (χ0n) is 22.4. The third kappa shape index (κ3) is 7.48. The van der Waals surface area contributed by atoms with Gasteiger partial charge in [0.2, 0.25) is 0 Å². The lowest BCUT2D eigenvalue weighted by molar-refractivity contribution is -0.122. The van der Waals surface area contributed by atoms with Crippen LogP contribution in [0.1, 0.15) is 22.5 Å². The summed E-state index contributed by atoms with van der Waals surface area (Å²) in [6.07, 6.45) is 4.70. The Morgan fingerprint density at radius 1 is 1.12 bits per heavy atom. The highest BCUT2D eigenvalue weighted by molar-refractivity contribution is 8.18. The number of ether oxygens (including phenoxy) is 1. The number of hydrogen-bond acceptors (Lipinski definition) is 8. The second kappa shape index (κ2) is 13.2. The van der Waals surface area contributed by atoms with Gasteiger partial charge in [-0.25, -0.2) is 0 Å². The number of benzene rings is 3. The van der Waals surface area contributed by atoms with Crippen LogP contribution in [0.3, 0.4) is 0 Å². The molecule has 1 aliphatic rings. The molecule has 0 saturated carbocycles. The van der Waals surface area contributed by atoms with Crippen LogP contribution in [0.15, 0.2) is 105 Å². The minimum Gasteiger partial charge on any atom is -0.508 e. The molecule has 1 fully saturated rings. The standard InChI is InChI=1S/C31H25ClN4O5S/c1-20-4-9-24(10-5-20)34-29(38)19-41-27-13-8-23(32)15-22(27)16-28-30(39)36(18-26-3-2-14-40-26)31(42-28)35-33-17-21-6-11-25(37)12-7-21/h2-17,37H,18-19H2,1H3,(H,34,38)/b28-16-,33-17+,35-31-. The Labute approximate surface area is 251 Å². The molecule has 2 N–H and O–H groups in total. The number of carbonyl (C=O) groups is 2. The maximum atomic E-state index is 13.5. The van der Waals surface area contributed by atoms with Gasteiger partial charge in [0.05, 0.1) is 23.9 Å². The molecule has 3 aromatic carbocycles. The molecule has 2 amide bonds. The molecule has 11 heteroatoms. The number of hydrogen-bond donors (Lipinski definition) is 2. The fourth-order valence-corrected chi connectivity index (χ4v) is 4.97. The minimum absolute atomic E-state index is 0.145. The third-order valence-corrected chi connectivity index (χ3v) is 7.21. The topological polar surface area (TPSA) is 117 Å². The number of rotatable bonds is 9. The Bertz CT molecular complexity index is 1670. The monoisotopic (exact) mass is 600 g/mol. The van der Waals surface area contributed by atoms with Crippen molar-refractivity contribution >= 4 is 58.3 Å². The van der Waals surface area contributed by atoms with Gasteiger partial charge in [-0.05, 0) is 97.1 Å². The van der Waals surface area contributed by atoms with E-state index in [9.17, 15) is 14.7 Å². The molecule has 9 nitrogen and oxygen atoms in total. The number of halogens is 1. The zero-order valence-corrected chi connectivity index (χ0v) is 23.9. The van der Waals surface area contributed by atoms with E-state index < -0.39 is 0 Å². The summed E-state index contributed by atoms with van der Waals surface area (Å²) in [5.41, 5.74) is 3.00. The van der Waals surface area contributed by atoms with Gasteiger partial charge in [0, 0.05) is 16.3 Å². The SMILES string of the molecule is Cc1ccc(NC(=O)COc2ccc(Cl)cc2/C=C2\S/C(=N\N=C\c3ccc(O)cc3)N(Cc3ccco3)C2=O)cc1. The molecule has 42 heavy (non-hydrogen) atoms. The molecular formula is C31H25ClN4O5S. The third-order valence-electron chi connectivity index (χ3n) is 5.98. The first-order valence-electron chi connectivity index (χ1n) is 12.8. The van der Waals surface area contributed by atoms with Crippen LogP contribution in [0.4, 0.5) is 5.69 Å². The number of nitrogens with one attached hydrogen (secondary N) is 1. The van der Waals surface area contributed by atoms with Gasteiger partial charge < -0.3 is 19.6 Å². The van der Waals surface area contributed by atoms with Gasteiger partial charge in [0.15, 0.2) is 11.8 Å². The van der Waals surface area contributed by atoms with E-state index in [0.29, 0.717) is 37.9 Å². The maximum absolute atomic E-state index is 13.5. The van der Waals surface area contributed by atoms with E-state index in [4.69, 9.17) is 20.8 Å². The van der Waals surface area contributed by atoms with Crippen LogP contribution in [0.25, 0.3) is 6.08 Å². The summed E-state index contributed by atoms with van der Waals surface area (Å²) in [6, 6.07) is 22.4. The predicted octanol–water partition coefficient (Wildman–Crippen LogP) is 6.47. The van der Waals surface area contributed by atoms with Gasteiger partial charge in [0.25, 0.3) is 11.8 Å². The summed E-state index contributed by atoms with van der Waals surface area (Å²) in [5, 5.41) is 21.5. The highest BCUT2D eigenvalue weighted by Gasteiger charge is 2.34. The lowest BCUT2D eigenvalue weighted by Crippen LogP contribution is -2.28. The van der Waals surface area contributed by atoms with Crippen LogP contribution in [0, 0.1) is 6.92 Å². The lowest BCUT2D eigenvalue weighted by atomic mass is 10.2. The van der Waals surface area contributed by atoms with Gasteiger partial charge in [-0.2, -0.15) is 5.10 Å². The summed E-state index contributed by atoms with van der Waals surface area (Å²) in [7, 11) is 0. The number of carbonyl (C=O) groups excluding carboxylic acids is 2. The van der Waals surface area contributed by atoms with Crippen LogP contribution in [-0.2, 0) is 16.1 Å². The molecule has 1 aromatic heterocycles. The average Bonchev–Trinajstić information content (AvgIpc) is 3.59. The second-order valence-corrected chi connectivity index (χ2v) is 10.6. The molecule has 1 saturated heterocycles. The van der Waals surface area contributed by atoms with Gasteiger partial charge in [-0.15, -0.1) is 5.10 Å². The second-order valence-electron chi connectivity index (χ2n) is 9.19. The fourth-order valence-electron chi connectivity index (χ4n) is 3.87. The van der Waals surface area contributed by atoms with Crippen LogP contribution in [0.5, 0.6) is 11.5 Å². The molecule has 4 aromatic rings. The number of thioether (sulfide) groups is 1. The minimum atomic E-state index is -0.329. The number of anilines is 1. The van der Waals surface area contributed by atoms with Gasteiger partial charge in [0.1, 0.15) is 17.3 Å². The van der Waals surface area contributed by atoms with Gasteiger partial charge in [-0.3, -0.25) is 14.5 Å². The number of nitrogens with zero attached hydrogens (tertiary/aromatic N) is 3. The maximum Gasteiger partial charge on any atom is 0.267 e. The van der Waals surface area contributed by atoms with Gasteiger partial charge >= 0.3 is 0 Å². The first-order chi connectivity index (χ1) is 20.3. The number of phenols is 1. The summed E-state index contributed by atoms with van der Waals surface area (Å²) in [6.45, 7) is 1.88. The first kappa shape index (κ1) is 28.7. The Morgan fingerprint density at radius 2 is 1.90 bits per heavy atom. The van der Waals surface area contributed by atoms with Crippen LogP contribution in [0.2, 0.25) is 5.02 Å². The predicted molar refractivity (Wildman–Crippen MR) is 165 cm³/mol. The highest BCUT2D eigenvalue weighted by Crippen LogP contribution is 2.36. The van der Waals surface area contributed by atoms with Gasteiger partial charge in [-0.1, -0.05) is 29.3 Å². The van der Waals surface area contributed by atoms with Crippen molar-refractivity contribution in [2.75, 3.05) is 11.9 Å². The van der Waals surface area contributed by atoms with Crippen molar-refractivity contribution < 1.29 is 23.8 Å². The first-order valence-corrected chi connectivity index (χ1v) is 14.0. The van der Waals surface area contributed by atoms with Crippen molar-refractivity contribution in [3.8, 4) is 11.5 Å². The van der Waals surface area contributed by atoms with Crippen molar-refractivity contribution in [1.29, 1.82) is 0 Å². The number of phenolic OH excluding ortho intramolecular Hbond substituents is 1. The van der Waals surface area contributed by atoms with E-state index >= 15 is 0 Å². The lowest BCUT2D eigenvalue weighted by Gasteiger charge is -2.13. The van der Waals surface area contributed by atoms with E-state index in [-0.39, 0.29) is 30.7 Å². The molecule has 1 aliphatic heterocycles. The molecule has 0 radical (unpaired) electrons. The smallest absolute Gasteiger partial charge is 0.267 e. The van der Waals surface area contributed by atoms with Crippen molar-refractivity contribution in [1.82, 2.24) is 4.90 Å². The molecule has 2 heterocycles. The van der Waals surface area contributed by atoms with Crippen molar-refractivity contribution in [3.05, 3.63) is 118 Å². The fraction of sp³-hybridized carbons (Fsp3) is 0.0968. The Kier molecular flexibility index (Phi) is 9.05. The molecule has 0 atom stereocenters. The van der Waals surface area contributed by atoms with Crippen LogP contribution >= 0.6 is 23.4 Å². The average molecular weight is 601 g/mol. The zero-order chi connectivity index (χ0) is 29.5. The van der Waals surface area contributed by atoms with E-state index in [2.05, 4.69) is 15.5 Å². The molecular weight excluding hydrogens is 576 g/mol. The quantitative estimate of drug-likeness (QED) is 0.129. The molecule has 0 aliphatic carbocycles. The number of aryl methyl sites for hydroxylation is 1. The summed E-state index contributed by atoms with van der Waals surface area (Å²) in [5.74, 6) is 0.466. The highest BCUT2D eigenvalue weighted by atomic mass is 35.5. The summed E-state index contributed by atoms with van der Waals surface area (Å²) in [4.78, 5) is 27.8. The summed E-state index contributed by atoms with van der Waals surface area (Å²) < 4.78 is 11.3. The van der Waals surface area contributed by atoms with E-state index in [0.717, 1.165) is 22.9 Å².